The summed E-state index contributed by atoms with van der Waals surface area (Å²) in [4.78, 5) is 30.0. The Hall–Kier alpha value is -3.02. The van der Waals surface area contributed by atoms with Crippen LogP contribution in [0.15, 0.2) is 42.5 Å². The van der Waals surface area contributed by atoms with Crippen molar-refractivity contribution in [1.82, 2.24) is 9.80 Å². The van der Waals surface area contributed by atoms with Crippen LogP contribution < -0.4 is 9.64 Å². The van der Waals surface area contributed by atoms with Crippen LogP contribution in [-0.4, -0.2) is 92.5 Å². The molecule has 2 amide bonds. The van der Waals surface area contributed by atoms with Crippen LogP contribution in [0.4, 0.5) is 18.9 Å². The summed E-state index contributed by atoms with van der Waals surface area (Å²) in [5.74, 6) is -1.46. The van der Waals surface area contributed by atoms with Gasteiger partial charge in [0.2, 0.25) is 0 Å². The fourth-order valence-electron chi connectivity index (χ4n) is 5.32. The predicted octanol–water partition coefficient (Wildman–Crippen LogP) is 4.48. The molecule has 2 fully saturated rings. The van der Waals surface area contributed by atoms with Crippen LogP contribution >= 0.6 is 11.6 Å². The number of halogens is 4. The molecule has 0 saturated carbocycles. The second-order valence-corrected chi connectivity index (χ2v) is 11.0. The van der Waals surface area contributed by atoms with Crippen LogP contribution in [0, 0.1) is 0 Å². The Morgan fingerprint density at radius 3 is 2.12 bits per heavy atom. The maximum atomic E-state index is 14.1. The van der Waals surface area contributed by atoms with E-state index in [-0.39, 0.29) is 37.0 Å². The number of alkyl halides is 3. The molecule has 0 radical (unpaired) electrons. The minimum absolute atomic E-state index is 0.0209. The van der Waals surface area contributed by atoms with Crippen molar-refractivity contribution < 1.29 is 37.3 Å². The largest absolute Gasteiger partial charge is 0.497 e. The molecule has 0 unspecified atom stereocenters. The van der Waals surface area contributed by atoms with E-state index in [1.54, 1.807) is 26.2 Å². The molecule has 0 aliphatic carbocycles. The van der Waals surface area contributed by atoms with Gasteiger partial charge in [-0.25, -0.2) is 0 Å². The van der Waals surface area contributed by atoms with Gasteiger partial charge >= 0.3 is 6.18 Å². The van der Waals surface area contributed by atoms with Crippen molar-refractivity contribution in [2.75, 3.05) is 52.3 Å². The highest BCUT2D eigenvalue weighted by atomic mass is 35.5. The van der Waals surface area contributed by atoms with E-state index in [0.29, 0.717) is 23.4 Å². The number of hydrogen-bond donors (Lipinski definition) is 1. The van der Waals surface area contributed by atoms with Gasteiger partial charge in [0.1, 0.15) is 5.75 Å². The van der Waals surface area contributed by atoms with Crippen molar-refractivity contribution in [3.05, 3.63) is 58.6 Å². The second kappa shape index (κ2) is 12.5. The number of ether oxygens (including phenoxy) is 2. The molecule has 2 aliphatic heterocycles. The molecule has 2 aromatic carbocycles. The Balaban J connectivity index is 1.31. The van der Waals surface area contributed by atoms with E-state index >= 15 is 0 Å². The maximum Gasteiger partial charge on any atom is 0.430 e. The Morgan fingerprint density at radius 2 is 1.59 bits per heavy atom. The van der Waals surface area contributed by atoms with Crippen molar-refractivity contribution in [2.24, 2.45) is 0 Å². The molecule has 224 valence electrons. The van der Waals surface area contributed by atoms with Gasteiger partial charge in [-0.15, -0.1) is 0 Å². The summed E-state index contributed by atoms with van der Waals surface area (Å²) in [5, 5.41) is 11.1. The third kappa shape index (κ3) is 6.57. The zero-order chi connectivity index (χ0) is 29.9. The average molecular weight is 598 g/mol. The molecule has 1 atom stereocenters. The number of carbonyl (C=O) groups is 2. The van der Waals surface area contributed by atoms with Crippen LogP contribution in [0.1, 0.15) is 41.6 Å². The lowest BCUT2D eigenvalue weighted by Gasteiger charge is -2.40. The van der Waals surface area contributed by atoms with E-state index < -0.39 is 23.2 Å². The summed E-state index contributed by atoms with van der Waals surface area (Å²) < 4.78 is 53.5. The predicted molar refractivity (Wildman–Crippen MR) is 148 cm³/mol. The fraction of sp³-hybridized carbons (Fsp3) is 0.517. The van der Waals surface area contributed by atoms with Gasteiger partial charge in [0.25, 0.3) is 17.4 Å². The van der Waals surface area contributed by atoms with Crippen LogP contribution in [0.2, 0.25) is 5.02 Å². The first kappa shape index (κ1) is 30.9. The van der Waals surface area contributed by atoms with E-state index in [4.69, 9.17) is 21.1 Å². The van der Waals surface area contributed by atoms with Gasteiger partial charge in [0.05, 0.1) is 29.9 Å². The highest BCUT2D eigenvalue weighted by Crippen LogP contribution is 2.42. The van der Waals surface area contributed by atoms with E-state index in [2.05, 4.69) is 4.90 Å². The van der Waals surface area contributed by atoms with Crippen molar-refractivity contribution >= 4 is 29.1 Å². The Labute approximate surface area is 242 Å². The van der Waals surface area contributed by atoms with Crippen molar-refractivity contribution in [2.45, 2.75) is 49.7 Å². The number of likely N-dealkylation sites (tertiary alicyclic amines) is 1. The van der Waals surface area contributed by atoms with Gasteiger partial charge in [0, 0.05) is 51.5 Å². The Kier molecular flexibility index (Phi) is 9.40. The summed E-state index contributed by atoms with van der Waals surface area (Å²) in [6.07, 6.45) is -3.20. The zero-order valence-electron chi connectivity index (χ0n) is 23.3. The average Bonchev–Trinajstić information content (AvgIpc) is 2.96. The lowest BCUT2D eigenvalue weighted by molar-refractivity contribution is -0.262. The number of anilines is 1. The number of nitrogens with zero attached hydrogens (tertiary/aromatic N) is 3. The number of amides is 2. The quantitative estimate of drug-likeness (QED) is 0.507. The highest BCUT2D eigenvalue weighted by molar-refractivity contribution is 6.34. The van der Waals surface area contributed by atoms with Gasteiger partial charge in [-0.2, -0.15) is 13.2 Å². The number of benzene rings is 2. The second-order valence-electron chi connectivity index (χ2n) is 10.6. The molecule has 4 rings (SSSR count). The van der Waals surface area contributed by atoms with E-state index in [9.17, 15) is 27.9 Å². The zero-order valence-corrected chi connectivity index (χ0v) is 24.0. The third-order valence-corrected chi connectivity index (χ3v) is 8.03. The molecule has 12 heteroatoms. The highest BCUT2D eigenvalue weighted by Gasteiger charge is 2.62. The number of methoxy groups -OCH3 is 1. The first-order valence-corrected chi connectivity index (χ1v) is 13.9. The summed E-state index contributed by atoms with van der Waals surface area (Å²) in [6.45, 7) is 1.53. The summed E-state index contributed by atoms with van der Waals surface area (Å²) in [6, 6.07) is 10.2. The lowest BCUT2D eigenvalue weighted by Crippen LogP contribution is -2.57. The van der Waals surface area contributed by atoms with Gasteiger partial charge in [-0.05, 0) is 56.0 Å². The van der Waals surface area contributed by atoms with Crippen molar-refractivity contribution in [3.8, 4) is 5.75 Å². The molecule has 0 aromatic heterocycles. The lowest BCUT2D eigenvalue weighted by atomic mass is 9.90. The van der Waals surface area contributed by atoms with E-state index in [0.717, 1.165) is 48.7 Å². The standard InChI is InChI=1S/C29H35ClF3N3O5/c1-34(2)26(37)24-8-7-20(18-25(24)30)35-13-9-21(10-14-35)41-22-11-15-36(16-12-22)27(38)28(39,29(31,32)33)19-5-4-6-23(17-19)40-3/h4-8,17-18,21-22,39H,9-16H2,1-3H3/t28-/m1/s1. The minimum atomic E-state index is -5.22. The van der Waals surface area contributed by atoms with Gasteiger partial charge in [0.15, 0.2) is 0 Å². The first-order valence-electron chi connectivity index (χ1n) is 13.5. The molecule has 2 heterocycles. The summed E-state index contributed by atoms with van der Waals surface area (Å²) >= 11 is 6.37. The molecule has 0 bridgehead atoms. The van der Waals surface area contributed by atoms with Crippen LogP contribution in [0.5, 0.6) is 5.75 Å². The first-order chi connectivity index (χ1) is 19.3. The van der Waals surface area contributed by atoms with Crippen molar-refractivity contribution in [1.29, 1.82) is 0 Å². The minimum Gasteiger partial charge on any atom is -0.497 e. The molecule has 1 N–H and O–H groups in total. The molecule has 2 aromatic rings. The normalized spacial score (nSPS) is 18.6. The number of piperidine rings is 2. The maximum absolute atomic E-state index is 14.1. The monoisotopic (exact) mass is 597 g/mol. The van der Waals surface area contributed by atoms with Gasteiger partial charge in [-0.1, -0.05) is 23.7 Å². The summed E-state index contributed by atoms with van der Waals surface area (Å²) in [5.41, 5.74) is -2.90. The van der Waals surface area contributed by atoms with Gasteiger partial charge in [-0.3, -0.25) is 9.59 Å². The molecular formula is C29H35ClF3N3O5. The summed E-state index contributed by atoms with van der Waals surface area (Å²) in [7, 11) is 4.64. The fourth-order valence-corrected chi connectivity index (χ4v) is 5.57. The van der Waals surface area contributed by atoms with Gasteiger partial charge < -0.3 is 29.3 Å². The molecular weight excluding hydrogens is 563 g/mol. The molecule has 41 heavy (non-hydrogen) atoms. The molecule has 2 aliphatic rings. The molecule has 2 saturated heterocycles. The number of hydrogen-bond acceptors (Lipinski definition) is 6. The SMILES string of the molecule is COc1cccc([C@@](O)(C(=O)N2CCC(OC3CCN(c4ccc(C(=O)N(C)C)c(Cl)c4)CC3)CC2)C(F)(F)F)c1. The Morgan fingerprint density at radius 1 is 0.976 bits per heavy atom. The smallest absolute Gasteiger partial charge is 0.430 e. The van der Waals surface area contributed by atoms with Crippen LogP contribution in [0.25, 0.3) is 0 Å². The molecule has 0 spiro atoms. The van der Waals surface area contributed by atoms with Crippen LogP contribution in [0.3, 0.4) is 0 Å². The van der Waals surface area contributed by atoms with Crippen LogP contribution in [-0.2, 0) is 15.1 Å². The van der Waals surface area contributed by atoms with Crippen molar-refractivity contribution in [3.63, 3.8) is 0 Å². The van der Waals surface area contributed by atoms with E-state index in [1.807, 2.05) is 6.07 Å². The Bertz CT molecular complexity index is 1240. The number of carbonyl (C=O) groups excluding carboxylic acids is 2. The third-order valence-electron chi connectivity index (χ3n) is 7.72. The van der Waals surface area contributed by atoms with E-state index in [1.165, 1.54) is 24.1 Å². The number of aliphatic hydroxyl groups is 1. The molecule has 8 nitrogen and oxygen atoms in total. The topological polar surface area (TPSA) is 82.5 Å². The number of rotatable bonds is 7.